The summed E-state index contributed by atoms with van der Waals surface area (Å²) < 4.78 is 12.6. The van der Waals surface area contributed by atoms with Gasteiger partial charge >= 0.3 is 0 Å². The summed E-state index contributed by atoms with van der Waals surface area (Å²) in [6.45, 7) is 2.05. The molecule has 1 heterocycles. The fourth-order valence-corrected chi connectivity index (χ4v) is 1.11. The average Bonchev–Trinajstić information content (AvgIpc) is 2.05. The van der Waals surface area contributed by atoms with Gasteiger partial charge in [-0.25, -0.2) is 4.39 Å². The van der Waals surface area contributed by atoms with E-state index in [1.54, 1.807) is 6.20 Å². The van der Waals surface area contributed by atoms with Crippen molar-refractivity contribution in [2.24, 2.45) is 5.73 Å². The van der Waals surface area contributed by atoms with Crippen molar-refractivity contribution in [1.82, 2.24) is 4.98 Å². The first-order valence-corrected chi connectivity index (χ1v) is 4.10. The maximum atomic E-state index is 12.6. The van der Waals surface area contributed by atoms with Crippen molar-refractivity contribution in [3.8, 4) is 0 Å². The van der Waals surface area contributed by atoms with Crippen LogP contribution in [0.5, 0.6) is 0 Å². The highest BCUT2D eigenvalue weighted by Gasteiger charge is 2.05. The van der Waals surface area contributed by atoms with Crippen LogP contribution < -0.4 is 5.73 Å². The van der Waals surface area contributed by atoms with Crippen molar-refractivity contribution < 1.29 is 4.39 Å². The van der Waals surface area contributed by atoms with Gasteiger partial charge in [-0.1, -0.05) is 13.3 Å². The summed E-state index contributed by atoms with van der Waals surface area (Å²) in [5, 5.41) is 0. The summed E-state index contributed by atoms with van der Waals surface area (Å²) in [5.74, 6) is -0.320. The summed E-state index contributed by atoms with van der Waals surface area (Å²) in [6, 6.07) is 1.35. The Kier molecular flexibility index (Phi) is 3.17. The van der Waals surface area contributed by atoms with Gasteiger partial charge in [0.05, 0.1) is 6.20 Å². The van der Waals surface area contributed by atoms with Crippen LogP contribution >= 0.6 is 0 Å². The van der Waals surface area contributed by atoms with E-state index in [0.29, 0.717) is 0 Å². The average molecular weight is 168 g/mol. The van der Waals surface area contributed by atoms with Gasteiger partial charge in [-0.2, -0.15) is 0 Å². The fraction of sp³-hybridized carbons (Fsp3) is 0.444. The Labute approximate surface area is 71.6 Å². The number of hydrogen-bond acceptors (Lipinski definition) is 2. The Bertz CT molecular complexity index is 250. The molecular formula is C9H13FN2. The molecule has 0 amide bonds. The Balaban J connectivity index is 2.73. The van der Waals surface area contributed by atoms with Crippen LogP contribution in [0.4, 0.5) is 4.39 Å². The van der Waals surface area contributed by atoms with Gasteiger partial charge in [0, 0.05) is 12.2 Å². The molecule has 0 radical (unpaired) electrons. The number of pyridine rings is 1. The van der Waals surface area contributed by atoms with Crippen LogP contribution in [0, 0.1) is 5.82 Å². The molecule has 2 N–H and O–H groups in total. The second-order valence-corrected chi connectivity index (χ2v) is 2.83. The SMILES string of the molecule is CCC[C@H](N)c1cncc(F)c1. The molecule has 0 saturated heterocycles. The highest BCUT2D eigenvalue weighted by molar-refractivity contribution is 5.14. The van der Waals surface area contributed by atoms with Gasteiger partial charge in [-0.05, 0) is 18.1 Å². The largest absolute Gasteiger partial charge is 0.324 e. The number of aromatic nitrogens is 1. The number of hydrogen-bond donors (Lipinski definition) is 1. The van der Waals surface area contributed by atoms with Gasteiger partial charge in [-0.15, -0.1) is 0 Å². The molecule has 0 aliphatic carbocycles. The minimum Gasteiger partial charge on any atom is -0.324 e. The molecule has 1 rings (SSSR count). The van der Waals surface area contributed by atoms with Crippen molar-refractivity contribution in [3.63, 3.8) is 0 Å². The summed E-state index contributed by atoms with van der Waals surface area (Å²) in [6.07, 6.45) is 4.66. The predicted octanol–water partition coefficient (Wildman–Crippen LogP) is 2.02. The molecule has 0 aliphatic heterocycles. The first-order valence-electron chi connectivity index (χ1n) is 4.10. The maximum absolute atomic E-state index is 12.6. The third-order valence-corrected chi connectivity index (χ3v) is 1.75. The molecular weight excluding hydrogens is 155 g/mol. The van der Waals surface area contributed by atoms with Crippen LogP contribution in [-0.2, 0) is 0 Å². The van der Waals surface area contributed by atoms with E-state index < -0.39 is 0 Å². The molecule has 0 bridgehead atoms. The zero-order valence-electron chi connectivity index (χ0n) is 7.13. The predicted molar refractivity (Wildman–Crippen MR) is 46.0 cm³/mol. The van der Waals surface area contributed by atoms with E-state index in [1.807, 2.05) is 6.92 Å². The lowest BCUT2D eigenvalue weighted by molar-refractivity contribution is 0.598. The third-order valence-electron chi connectivity index (χ3n) is 1.75. The first-order chi connectivity index (χ1) is 5.74. The van der Waals surface area contributed by atoms with Crippen molar-refractivity contribution >= 4 is 0 Å². The summed E-state index contributed by atoms with van der Waals surface area (Å²) in [4.78, 5) is 3.73. The molecule has 0 spiro atoms. The normalized spacial score (nSPS) is 12.9. The van der Waals surface area contributed by atoms with Gasteiger partial charge < -0.3 is 5.73 Å². The number of nitrogens with two attached hydrogens (primary N) is 1. The summed E-state index contributed by atoms with van der Waals surface area (Å²) in [7, 11) is 0. The number of nitrogens with zero attached hydrogens (tertiary/aromatic N) is 1. The van der Waals surface area contributed by atoms with Gasteiger partial charge in [0.2, 0.25) is 0 Å². The van der Waals surface area contributed by atoms with Crippen molar-refractivity contribution in [2.45, 2.75) is 25.8 Å². The van der Waals surface area contributed by atoms with Crippen LogP contribution in [0.2, 0.25) is 0 Å². The molecule has 12 heavy (non-hydrogen) atoms. The van der Waals surface area contributed by atoms with Gasteiger partial charge in [0.15, 0.2) is 0 Å². The van der Waals surface area contributed by atoms with E-state index in [-0.39, 0.29) is 11.9 Å². The smallest absolute Gasteiger partial charge is 0.141 e. The number of rotatable bonds is 3. The Morgan fingerprint density at radius 3 is 2.92 bits per heavy atom. The lowest BCUT2D eigenvalue weighted by atomic mass is 10.1. The number of halogens is 1. The molecule has 0 aliphatic rings. The van der Waals surface area contributed by atoms with Crippen LogP contribution in [-0.4, -0.2) is 4.98 Å². The molecule has 2 nitrogen and oxygen atoms in total. The second kappa shape index (κ2) is 4.16. The standard InChI is InChI=1S/C9H13FN2/c1-2-3-9(11)7-4-8(10)6-12-5-7/h4-6,9H,2-3,11H2,1H3/t9-/m0/s1. The summed E-state index contributed by atoms with van der Waals surface area (Å²) >= 11 is 0. The van der Waals surface area contributed by atoms with Crippen molar-refractivity contribution in [2.75, 3.05) is 0 Å². The topological polar surface area (TPSA) is 38.9 Å². The highest BCUT2D eigenvalue weighted by Crippen LogP contribution is 2.14. The minimum absolute atomic E-state index is 0.0850. The van der Waals surface area contributed by atoms with Crippen molar-refractivity contribution in [1.29, 1.82) is 0 Å². The maximum Gasteiger partial charge on any atom is 0.141 e. The van der Waals surface area contributed by atoms with Gasteiger partial charge in [0.1, 0.15) is 5.82 Å². The van der Waals surface area contributed by atoms with Crippen LogP contribution in [0.1, 0.15) is 31.4 Å². The molecule has 0 fully saturated rings. The fourth-order valence-electron chi connectivity index (χ4n) is 1.11. The molecule has 0 unspecified atom stereocenters. The molecule has 0 saturated carbocycles. The lowest BCUT2D eigenvalue weighted by Crippen LogP contribution is -2.10. The zero-order valence-corrected chi connectivity index (χ0v) is 7.13. The molecule has 0 aromatic carbocycles. The van der Waals surface area contributed by atoms with E-state index in [4.69, 9.17) is 5.73 Å². The van der Waals surface area contributed by atoms with Crippen LogP contribution in [0.15, 0.2) is 18.5 Å². The third kappa shape index (κ3) is 2.27. The summed E-state index contributed by atoms with van der Waals surface area (Å²) in [5.41, 5.74) is 6.54. The molecule has 3 heteroatoms. The van der Waals surface area contributed by atoms with Crippen molar-refractivity contribution in [3.05, 3.63) is 29.8 Å². The van der Waals surface area contributed by atoms with E-state index in [0.717, 1.165) is 18.4 Å². The zero-order chi connectivity index (χ0) is 8.97. The Hall–Kier alpha value is -0.960. The van der Waals surface area contributed by atoms with E-state index >= 15 is 0 Å². The molecule has 1 aromatic heterocycles. The second-order valence-electron chi connectivity index (χ2n) is 2.83. The lowest BCUT2D eigenvalue weighted by Gasteiger charge is -2.09. The van der Waals surface area contributed by atoms with E-state index in [1.165, 1.54) is 12.3 Å². The molecule has 1 aromatic rings. The quantitative estimate of drug-likeness (QED) is 0.749. The molecule has 66 valence electrons. The monoisotopic (exact) mass is 168 g/mol. The van der Waals surface area contributed by atoms with Crippen LogP contribution in [0.3, 0.4) is 0 Å². The highest BCUT2D eigenvalue weighted by atomic mass is 19.1. The molecule has 1 atom stereocenters. The van der Waals surface area contributed by atoms with E-state index in [9.17, 15) is 4.39 Å². The minimum atomic E-state index is -0.320. The van der Waals surface area contributed by atoms with Crippen LogP contribution in [0.25, 0.3) is 0 Å². The van der Waals surface area contributed by atoms with Gasteiger partial charge in [0.25, 0.3) is 0 Å². The van der Waals surface area contributed by atoms with E-state index in [2.05, 4.69) is 4.98 Å². The Morgan fingerprint density at radius 1 is 1.58 bits per heavy atom. The Morgan fingerprint density at radius 2 is 2.33 bits per heavy atom. The van der Waals surface area contributed by atoms with Gasteiger partial charge in [-0.3, -0.25) is 4.98 Å². The first kappa shape index (κ1) is 9.13.